The lowest BCUT2D eigenvalue weighted by Crippen LogP contribution is -2.19. The zero-order valence-electron chi connectivity index (χ0n) is 15.0. The van der Waals surface area contributed by atoms with E-state index < -0.39 is 0 Å². The van der Waals surface area contributed by atoms with E-state index in [2.05, 4.69) is 4.98 Å². The van der Waals surface area contributed by atoms with Crippen LogP contribution in [0.5, 0.6) is 0 Å². The minimum Gasteiger partial charge on any atom is -0.356 e. The van der Waals surface area contributed by atoms with E-state index in [4.69, 9.17) is 9.84 Å². The number of rotatable bonds is 4. The van der Waals surface area contributed by atoms with Gasteiger partial charge in [-0.05, 0) is 62.1 Å². The molecule has 0 bridgehead atoms. The predicted octanol–water partition coefficient (Wildman–Crippen LogP) is 4.52. The van der Waals surface area contributed by atoms with Crippen LogP contribution in [0.25, 0.3) is 23.1 Å². The third kappa shape index (κ3) is 3.59. The number of non-ortho nitro benzene ring substituents is 1. The van der Waals surface area contributed by atoms with E-state index in [0.717, 1.165) is 41.6 Å². The Morgan fingerprint density at radius 2 is 2.15 bits per heavy atom. The van der Waals surface area contributed by atoms with Gasteiger partial charge in [-0.1, -0.05) is 0 Å². The molecule has 3 aromatic rings. The first kappa shape index (κ1) is 17.4. The molecule has 4 rings (SSSR count). The van der Waals surface area contributed by atoms with Crippen LogP contribution in [0.1, 0.15) is 42.4 Å². The molecule has 7 nitrogen and oxygen atoms in total. The number of fused-ring (bicyclic) bond motifs is 1. The number of hydrogen-bond acceptors (Lipinski definition) is 5. The molecule has 0 aliphatic carbocycles. The van der Waals surface area contributed by atoms with Crippen molar-refractivity contribution in [3.8, 4) is 0 Å². The molecule has 0 radical (unpaired) electrons. The number of nitro benzene ring substituents is 1. The summed E-state index contributed by atoms with van der Waals surface area (Å²) in [5, 5.41) is 16.8. The van der Waals surface area contributed by atoms with Gasteiger partial charge in [0.25, 0.3) is 5.69 Å². The molecule has 7 heteroatoms. The average Bonchev–Trinajstić information content (AvgIpc) is 3.05. The van der Waals surface area contributed by atoms with Crippen molar-refractivity contribution in [3.63, 3.8) is 0 Å². The van der Waals surface area contributed by atoms with Crippen molar-refractivity contribution >= 4 is 28.7 Å². The molecule has 1 aliphatic rings. The molecule has 1 aliphatic heterocycles. The Balaban J connectivity index is 1.79. The lowest BCUT2D eigenvalue weighted by Gasteiger charge is -2.23. The fraction of sp³-hybridized carbons (Fsp3) is 0.300. The number of aromatic nitrogens is 3. The van der Waals surface area contributed by atoms with Gasteiger partial charge in [0.2, 0.25) is 0 Å². The van der Waals surface area contributed by atoms with Gasteiger partial charge in [-0.15, -0.1) is 0 Å². The van der Waals surface area contributed by atoms with Crippen molar-refractivity contribution in [1.82, 2.24) is 14.8 Å². The first-order valence-corrected chi connectivity index (χ1v) is 9.01. The molecule has 1 saturated heterocycles. The van der Waals surface area contributed by atoms with E-state index in [1.807, 2.05) is 31.2 Å². The quantitative estimate of drug-likeness (QED) is 0.502. The summed E-state index contributed by atoms with van der Waals surface area (Å²) in [6, 6.07) is 8.77. The standard InChI is InChI=1S/C20H20N4O3/c1-14-9-10-21-15(12-14)5-8-18-17-7-6-16(24(25)26)13-19(17)23(22-18)20-4-2-3-11-27-20/h5-10,12-13,20H,2-4,11H2,1H3. The van der Waals surface area contributed by atoms with E-state index in [-0.39, 0.29) is 16.8 Å². The van der Waals surface area contributed by atoms with E-state index in [0.29, 0.717) is 12.1 Å². The summed E-state index contributed by atoms with van der Waals surface area (Å²) in [5.74, 6) is 0. The van der Waals surface area contributed by atoms with Gasteiger partial charge in [-0.3, -0.25) is 15.1 Å². The van der Waals surface area contributed by atoms with Crippen LogP contribution in [0.4, 0.5) is 5.69 Å². The summed E-state index contributed by atoms with van der Waals surface area (Å²) in [7, 11) is 0. The number of nitro groups is 1. The van der Waals surface area contributed by atoms with Crippen molar-refractivity contribution in [2.24, 2.45) is 0 Å². The Morgan fingerprint density at radius 1 is 1.26 bits per heavy atom. The van der Waals surface area contributed by atoms with Crippen molar-refractivity contribution in [2.75, 3.05) is 6.61 Å². The molecule has 0 N–H and O–H groups in total. The highest BCUT2D eigenvalue weighted by molar-refractivity contribution is 5.91. The van der Waals surface area contributed by atoms with Crippen LogP contribution in [-0.2, 0) is 4.74 Å². The van der Waals surface area contributed by atoms with Gasteiger partial charge >= 0.3 is 0 Å². The van der Waals surface area contributed by atoms with Gasteiger partial charge < -0.3 is 4.74 Å². The van der Waals surface area contributed by atoms with Gasteiger partial charge in [-0.2, -0.15) is 5.10 Å². The van der Waals surface area contributed by atoms with E-state index in [1.54, 1.807) is 23.0 Å². The monoisotopic (exact) mass is 364 g/mol. The number of hydrogen-bond donors (Lipinski definition) is 0. The molecular formula is C20H20N4O3. The van der Waals surface area contributed by atoms with E-state index >= 15 is 0 Å². The Morgan fingerprint density at radius 3 is 2.89 bits per heavy atom. The maximum atomic E-state index is 11.2. The maximum Gasteiger partial charge on any atom is 0.271 e. The van der Waals surface area contributed by atoms with Crippen molar-refractivity contribution in [3.05, 3.63) is 63.6 Å². The largest absolute Gasteiger partial charge is 0.356 e. The third-order valence-electron chi connectivity index (χ3n) is 4.71. The summed E-state index contributed by atoms with van der Waals surface area (Å²) >= 11 is 0. The number of aryl methyl sites for hydroxylation is 1. The Hall–Kier alpha value is -3.06. The fourth-order valence-electron chi connectivity index (χ4n) is 3.34. The van der Waals surface area contributed by atoms with E-state index in [9.17, 15) is 10.1 Å². The summed E-state index contributed by atoms with van der Waals surface area (Å²) in [6.07, 6.45) is 8.31. The molecule has 3 heterocycles. The number of ether oxygens (including phenoxy) is 1. The van der Waals surface area contributed by atoms with E-state index in [1.165, 1.54) is 6.07 Å². The molecule has 2 aromatic heterocycles. The van der Waals surface area contributed by atoms with Crippen molar-refractivity contribution in [1.29, 1.82) is 0 Å². The summed E-state index contributed by atoms with van der Waals surface area (Å²) in [6.45, 7) is 2.70. The second-order valence-corrected chi connectivity index (χ2v) is 6.70. The Labute approximate surface area is 156 Å². The van der Waals surface area contributed by atoms with Crippen LogP contribution in [0.3, 0.4) is 0 Å². The molecule has 138 valence electrons. The molecular weight excluding hydrogens is 344 g/mol. The minimum atomic E-state index is -0.384. The molecule has 1 aromatic carbocycles. The SMILES string of the molecule is Cc1ccnc(C=Cc2nn(C3CCCCO3)c3cc([N+](=O)[O-])ccc23)c1. The third-order valence-corrected chi connectivity index (χ3v) is 4.71. The molecule has 1 unspecified atom stereocenters. The normalized spacial score (nSPS) is 17.6. The van der Waals surface area contributed by atoms with Crippen LogP contribution in [0.2, 0.25) is 0 Å². The smallest absolute Gasteiger partial charge is 0.271 e. The van der Waals surface area contributed by atoms with Gasteiger partial charge in [0.1, 0.15) is 0 Å². The molecule has 27 heavy (non-hydrogen) atoms. The van der Waals surface area contributed by atoms with Gasteiger partial charge in [0, 0.05) is 30.3 Å². The van der Waals surface area contributed by atoms with Gasteiger partial charge in [0.05, 0.1) is 21.8 Å². The van der Waals surface area contributed by atoms with Gasteiger partial charge in [-0.25, -0.2) is 4.68 Å². The molecule has 1 atom stereocenters. The highest BCUT2D eigenvalue weighted by Gasteiger charge is 2.22. The first-order valence-electron chi connectivity index (χ1n) is 9.01. The van der Waals surface area contributed by atoms with Crippen molar-refractivity contribution < 1.29 is 9.66 Å². The summed E-state index contributed by atoms with van der Waals surface area (Å²) < 4.78 is 7.64. The first-order chi connectivity index (χ1) is 13.1. The van der Waals surface area contributed by atoms with Crippen LogP contribution in [0, 0.1) is 17.0 Å². The Bertz CT molecular complexity index is 1020. The minimum absolute atomic E-state index is 0.0512. The van der Waals surface area contributed by atoms with Crippen LogP contribution in [-0.4, -0.2) is 26.3 Å². The van der Waals surface area contributed by atoms with Crippen LogP contribution < -0.4 is 0 Å². The fourth-order valence-corrected chi connectivity index (χ4v) is 3.34. The zero-order valence-corrected chi connectivity index (χ0v) is 15.0. The lowest BCUT2D eigenvalue weighted by molar-refractivity contribution is -0.384. The highest BCUT2D eigenvalue weighted by atomic mass is 16.6. The lowest BCUT2D eigenvalue weighted by atomic mass is 10.1. The predicted molar refractivity (Wildman–Crippen MR) is 103 cm³/mol. The zero-order chi connectivity index (χ0) is 18.8. The molecule has 0 spiro atoms. The molecule has 0 saturated carbocycles. The second kappa shape index (κ2) is 7.28. The summed E-state index contributed by atoms with van der Waals surface area (Å²) in [4.78, 5) is 15.2. The highest BCUT2D eigenvalue weighted by Crippen LogP contribution is 2.31. The van der Waals surface area contributed by atoms with Crippen molar-refractivity contribution in [2.45, 2.75) is 32.4 Å². The number of nitrogens with zero attached hydrogens (tertiary/aromatic N) is 4. The number of pyridine rings is 1. The summed E-state index contributed by atoms with van der Waals surface area (Å²) in [5.41, 5.74) is 3.49. The Kier molecular flexibility index (Phi) is 4.68. The topological polar surface area (TPSA) is 83.1 Å². The van der Waals surface area contributed by atoms with Crippen LogP contribution >= 0.6 is 0 Å². The average molecular weight is 364 g/mol. The molecule has 0 amide bonds. The molecule has 1 fully saturated rings. The van der Waals surface area contributed by atoms with Gasteiger partial charge in [0.15, 0.2) is 6.23 Å². The maximum absolute atomic E-state index is 11.2. The van der Waals surface area contributed by atoms with Crippen LogP contribution in [0.15, 0.2) is 36.5 Å². The second-order valence-electron chi connectivity index (χ2n) is 6.70. The number of benzene rings is 1.